The fourth-order valence-electron chi connectivity index (χ4n) is 6.70. The van der Waals surface area contributed by atoms with Crippen molar-refractivity contribution in [2.75, 3.05) is 0 Å². The maximum Gasteiger partial charge on any atom is 0.0455 e. The van der Waals surface area contributed by atoms with Gasteiger partial charge >= 0.3 is 0 Å². The molecule has 4 aromatic carbocycles. The highest BCUT2D eigenvalue weighted by molar-refractivity contribution is 7.29. The molecule has 0 aliphatic carbocycles. The first kappa shape index (κ1) is 33.3. The number of hydrogen-bond acceptors (Lipinski definition) is 4. The molecule has 0 saturated carbocycles. The highest BCUT2D eigenvalue weighted by Gasteiger charge is 2.12. The molecule has 0 amide bonds. The molecular weight excluding hydrogens is 681 g/mol. The van der Waals surface area contributed by atoms with Crippen LogP contribution in [0.4, 0.5) is 0 Å². The quantitative estimate of drug-likeness (QED) is 0.104. The Hall–Kier alpha value is -3.80. The average Bonchev–Trinajstić information content (AvgIpc) is 3.92. The molecule has 0 N–H and O–H groups in total. The van der Waals surface area contributed by atoms with Gasteiger partial charge in [-0.15, -0.1) is 45.3 Å². The lowest BCUT2D eigenvalue weighted by atomic mass is 10.1. The van der Waals surface area contributed by atoms with Crippen molar-refractivity contribution >= 4 is 110 Å². The standard InChI is InChI=1S/C46H42S4/c1-3-5-7-9-31-11-15-33(16-12-31)19-21-39-23-35-25-43-37(27-41(35)47-39)29-45(49-43)46-30-38-28-42-36(26-44(38)50-46)24-40(48-42)22-20-34-17-13-32(14-18-34)10-8-6-4-2/h11-30H,3-10H2,1-2H3. The molecule has 0 saturated heterocycles. The second kappa shape index (κ2) is 15.2. The van der Waals surface area contributed by atoms with E-state index in [9.17, 15) is 0 Å². The van der Waals surface area contributed by atoms with Gasteiger partial charge in [0.05, 0.1) is 0 Å². The lowest BCUT2D eigenvalue weighted by Crippen LogP contribution is -1.85. The Morgan fingerprint density at radius 3 is 1.18 bits per heavy atom. The summed E-state index contributed by atoms with van der Waals surface area (Å²) in [5.74, 6) is 0. The fourth-order valence-corrected chi connectivity index (χ4v) is 11.0. The first-order valence-electron chi connectivity index (χ1n) is 18.1. The smallest absolute Gasteiger partial charge is 0.0455 e. The molecule has 0 fully saturated rings. The third-order valence-corrected chi connectivity index (χ3v) is 14.1. The van der Waals surface area contributed by atoms with Crippen LogP contribution in [-0.4, -0.2) is 0 Å². The molecule has 250 valence electrons. The summed E-state index contributed by atoms with van der Waals surface area (Å²) in [4.78, 5) is 5.33. The molecule has 0 radical (unpaired) electrons. The molecule has 0 nitrogen and oxygen atoms in total. The summed E-state index contributed by atoms with van der Waals surface area (Å²) in [5.41, 5.74) is 5.42. The molecule has 0 aliphatic rings. The van der Waals surface area contributed by atoms with E-state index in [1.807, 2.05) is 45.3 Å². The molecular formula is C46H42S4. The topological polar surface area (TPSA) is 0 Å². The van der Waals surface area contributed by atoms with E-state index >= 15 is 0 Å². The Morgan fingerprint density at radius 2 is 0.780 bits per heavy atom. The van der Waals surface area contributed by atoms with Crippen LogP contribution in [0.5, 0.6) is 0 Å². The van der Waals surface area contributed by atoms with Crippen LogP contribution in [0.3, 0.4) is 0 Å². The summed E-state index contributed by atoms with van der Waals surface area (Å²) in [6.45, 7) is 4.53. The summed E-state index contributed by atoms with van der Waals surface area (Å²) in [7, 11) is 0. The Bertz CT molecular complexity index is 2160. The van der Waals surface area contributed by atoms with Gasteiger partial charge in [0.2, 0.25) is 0 Å². The number of unbranched alkanes of at least 4 members (excludes halogenated alkanes) is 4. The molecule has 0 atom stereocenters. The molecule has 4 aromatic heterocycles. The summed E-state index contributed by atoms with van der Waals surface area (Å²) < 4.78 is 5.43. The van der Waals surface area contributed by atoms with Gasteiger partial charge in [-0.05, 0) is 130 Å². The molecule has 4 heterocycles. The van der Waals surface area contributed by atoms with Crippen LogP contribution in [0, 0.1) is 0 Å². The van der Waals surface area contributed by atoms with Gasteiger partial charge < -0.3 is 0 Å². The molecule has 0 aliphatic heterocycles. The van der Waals surface area contributed by atoms with Gasteiger partial charge in [0.1, 0.15) is 0 Å². The lowest BCUT2D eigenvalue weighted by molar-refractivity contribution is 0.717. The van der Waals surface area contributed by atoms with Gasteiger partial charge in [-0.1, -0.05) is 100 Å². The van der Waals surface area contributed by atoms with Gasteiger partial charge in [-0.2, -0.15) is 0 Å². The van der Waals surface area contributed by atoms with E-state index < -0.39 is 0 Å². The summed E-state index contributed by atoms with van der Waals surface area (Å²) in [5, 5.41) is 5.36. The predicted molar refractivity (Wildman–Crippen MR) is 231 cm³/mol. The van der Waals surface area contributed by atoms with Gasteiger partial charge in [0, 0.05) is 38.3 Å². The third-order valence-electron chi connectivity index (χ3n) is 9.57. The zero-order valence-corrected chi connectivity index (χ0v) is 32.1. The second-order valence-electron chi connectivity index (χ2n) is 13.4. The summed E-state index contributed by atoms with van der Waals surface area (Å²) in [6.07, 6.45) is 19.1. The molecule has 0 spiro atoms. The summed E-state index contributed by atoms with van der Waals surface area (Å²) >= 11 is 7.60. The summed E-state index contributed by atoms with van der Waals surface area (Å²) in [6, 6.07) is 37.2. The molecule has 0 unspecified atom stereocenters. The first-order chi connectivity index (χ1) is 24.6. The van der Waals surface area contributed by atoms with E-state index in [0.717, 1.165) is 0 Å². The Balaban J connectivity index is 0.961. The highest BCUT2D eigenvalue weighted by atomic mass is 32.1. The normalized spacial score (nSPS) is 12.3. The van der Waals surface area contributed by atoms with Crippen molar-refractivity contribution in [2.24, 2.45) is 0 Å². The average molecular weight is 723 g/mol. The minimum Gasteiger partial charge on any atom is -0.136 e. The van der Waals surface area contributed by atoms with E-state index in [2.05, 4.69) is 135 Å². The third kappa shape index (κ3) is 7.60. The van der Waals surface area contributed by atoms with Crippen molar-refractivity contribution in [3.05, 3.63) is 129 Å². The second-order valence-corrected chi connectivity index (χ2v) is 17.8. The van der Waals surface area contributed by atoms with Crippen LogP contribution in [0.25, 0.3) is 74.4 Å². The fraction of sp³-hybridized carbons (Fsp3) is 0.217. The van der Waals surface area contributed by atoms with E-state index in [4.69, 9.17) is 0 Å². The lowest BCUT2D eigenvalue weighted by Gasteiger charge is -2.01. The molecule has 50 heavy (non-hydrogen) atoms. The number of thiophene rings is 4. The van der Waals surface area contributed by atoms with Gasteiger partial charge in [0.25, 0.3) is 0 Å². The van der Waals surface area contributed by atoms with Crippen molar-refractivity contribution in [1.29, 1.82) is 0 Å². The molecule has 8 aromatic rings. The van der Waals surface area contributed by atoms with Crippen LogP contribution in [0.1, 0.15) is 84.4 Å². The van der Waals surface area contributed by atoms with Crippen molar-refractivity contribution in [1.82, 2.24) is 0 Å². The number of fused-ring (bicyclic) bond motifs is 4. The van der Waals surface area contributed by atoms with E-state index in [-0.39, 0.29) is 0 Å². The minimum absolute atomic E-state index is 1.18. The number of benzene rings is 4. The van der Waals surface area contributed by atoms with E-state index in [1.165, 1.54) is 133 Å². The van der Waals surface area contributed by atoms with Crippen LogP contribution < -0.4 is 0 Å². The van der Waals surface area contributed by atoms with Crippen LogP contribution in [0.2, 0.25) is 0 Å². The predicted octanol–water partition coefficient (Wildman–Crippen LogP) is 16.0. The van der Waals surface area contributed by atoms with Crippen LogP contribution in [-0.2, 0) is 12.8 Å². The van der Waals surface area contributed by atoms with E-state index in [1.54, 1.807) is 0 Å². The number of hydrogen-bond donors (Lipinski definition) is 0. The maximum absolute atomic E-state index is 2.39. The van der Waals surface area contributed by atoms with Crippen molar-refractivity contribution in [3.8, 4) is 9.75 Å². The minimum atomic E-state index is 1.18. The number of aryl methyl sites for hydroxylation is 2. The largest absolute Gasteiger partial charge is 0.136 e. The van der Waals surface area contributed by atoms with Crippen molar-refractivity contribution in [2.45, 2.75) is 65.2 Å². The van der Waals surface area contributed by atoms with Gasteiger partial charge in [-0.3, -0.25) is 0 Å². The molecule has 0 bridgehead atoms. The van der Waals surface area contributed by atoms with Crippen LogP contribution in [0.15, 0.2) is 97.1 Å². The number of rotatable bonds is 13. The Labute approximate surface area is 312 Å². The van der Waals surface area contributed by atoms with Crippen molar-refractivity contribution in [3.63, 3.8) is 0 Å². The highest BCUT2D eigenvalue weighted by Crippen LogP contribution is 2.43. The zero-order chi connectivity index (χ0) is 33.9. The van der Waals surface area contributed by atoms with E-state index in [0.29, 0.717) is 0 Å². The first-order valence-corrected chi connectivity index (χ1v) is 21.4. The van der Waals surface area contributed by atoms with Gasteiger partial charge in [-0.25, -0.2) is 0 Å². The monoisotopic (exact) mass is 722 g/mol. The van der Waals surface area contributed by atoms with Crippen molar-refractivity contribution < 1.29 is 0 Å². The SMILES string of the molecule is CCCCCc1ccc(C=Cc2cc3cc4sc(-c5cc6cc7sc(C=Cc8ccc(CCCCC)cc8)cc7cc6s5)cc4cc3s2)cc1. The Morgan fingerprint density at radius 1 is 0.400 bits per heavy atom. The van der Waals surface area contributed by atoms with Crippen LogP contribution >= 0.6 is 45.3 Å². The van der Waals surface area contributed by atoms with Gasteiger partial charge in [0.15, 0.2) is 0 Å². The molecule has 4 heteroatoms. The maximum atomic E-state index is 2.39. The zero-order valence-electron chi connectivity index (χ0n) is 28.8. The molecule has 8 rings (SSSR count). The Kier molecular flexibility index (Phi) is 10.1.